The second-order valence-electron chi connectivity index (χ2n) is 6.96. The van der Waals surface area contributed by atoms with Gasteiger partial charge in [0.2, 0.25) is 0 Å². The van der Waals surface area contributed by atoms with Crippen LogP contribution in [0.3, 0.4) is 0 Å². The second-order valence-corrected chi connectivity index (χ2v) is 6.96. The van der Waals surface area contributed by atoms with E-state index in [4.69, 9.17) is 0 Å². The summed E-state index contributed by atoms with van der Waals surface area (Å²) < 4.78 is 13.5. The Morgan fingerprint density at radius 2 is 1.90 bits per heavy atom. The van der Waals surface area contributed by atoms with Crippen molar-refractivity contribution in [2.75, 3.05) is 18.0 Å². The summed E-state index contributed by atoms with van der Waals surface area (Å²) in [7, 11) is 0. The van der Waals surface area contributed by atoms with Gasteiger partial charge in [0.1, 0.15) is 5.82 Å². The van der Waals surface area contributed by atoms with Crippen LogP contribution in [-0.2, 0) is 6.54 Å². The van der Waals surface area contributed by atoms with Gasteiger partial charge in [-0.3, -0.25) is 0 Å². The fraction of sp³-hybridized carbons (Fsp3) is 0.647. The summed E-state index contributed by atoms with van der Waals surface area (Å²) in [4.78, 5) is 2.40. The summed E-state index contributed by atoms with van der Waals surface area (Å²) in [6.45, 7) is 11.7. The average Bonchev–Trinajstić information content (AvgIpc) is 2.37. The molecule has 20 heavy (non-hydrogen) atoms. The van der Waals surface area contributed by atoms with Crippen LogP contribution < -0.4 is 10.2 Å². The molecule has 0 aromatic heterocycles. The maximum Gasteiger partial charge on any atom is 0.123 e. The number of halogens is 1. The zero-order chi connectivity index (χ0) is 14.8. The van der Waals surface area contributed by atoms with E-state index in [1.807, 2.05) is 6.07 Å². The van der Waals surface area contributed by atoms with Gasteiger partial charge in [-0.2, -0.15) is 0 Å². The smallest absolute Gasteiger partial charge is 0.123 e. The molecule has 0 radical (unpaired) electrons. The Morgan fingerprint density at radius 1 is 1.25 bits per heavy atom. The minimum atomic E-state index is -0.147. The van der Waals surface area contributed by atoms with Gasteiger partial charge in [0.25, 0.3) is 0 Å². The summed E-state index contributed by atoms with van der Waals surface area (Å²) in [6, 6.07) is 5.59. The second kappa shape index (κ2) is 6.13. The fourth-order valence-corrected chi connectivity index (χ4v) is 2.67. The third kappa shape index (κ3) is 3.95. The third-order valence-electron chi connectivity index (χ3n) is 4.20. The molecule has 2 rings (SSSR count). The van der Waals surface area contributed by atoms with Gasteiger partial charge in [0, 0.05) is 31.4 Å². The molecule has 1 heterocycles. The van der Waals surface area contributed by atoms with E-state index in [0.29, 0.717) is 11.5 Å². The van der Waals surface area contributed by atoms with Gasteiger partial charge in [0.15, 0.2) is 0 Å². The van der Waals surface area contributed by atoms with Crippen LogP contribution in [0, 0.1) is 11.2 Å². The van der Waals surface area contributed by atoms with Crippen molar-refractivity contribution in [3.8, 4) is 0 Å². The molecule has 1 fully saturated rings. The standard InChI is InChI=1S/C17H27FN2/c1-13(2)19-12-14-11-15(18)5-6-16(14)20-9-7-17(3,4)8-10-20/h5-6,11,13,19H,7-10,12H2,1-4H3. The van der Waals surface area contributed by atoms with Crippen molar-refractivity contribution in [1.82, 2.24) is 5.32 Å². The van der Waals surface area contributed by atoms with E-state index >= 15 is 0 Å². The van der Waals surface area contributed by atoms with E-state index in [2.05, 4.69) is 37.9 Å². The molecule has 0 atom stereocenters. The monoisotopic (exact) mass is 278 g/mol. The minimum Gasteiger partial charge on any atom is -0.371 e. The highest BCUT2D eigenvalue weighted by atomic mass is 19.1. The van der Waals surface area contributed by atoms with Crippen molar-refractivity contribution < 1.29 is 4.39 Å². The molecule has 1 saturated heterocycles. The van der Waals surface area contributed by atoms with E-state index in [0.717, 1.165) is 25.2 Å². The lowest BCUT2D eigenvalue weighted by molar-refractivity contribution is 0.279. The highest BCUT2D eigenvalue weighted by Gasteiger charge is 2.26. The quantitative estimate of drug-likeness (QED) is 0.897. The topological polar surface area (TPSA) is 15.3 Å². The SMILES string of the molecule is CC(C)NCc1cc(F)ccc1N1CCC(C)(C)CC1. The van der Waals surface area contributed by atoms with E-state index in [1.165, 1.54) is 18.5 Å². The molecule has 1 aromatic carbocycles. The molecule has 3 heteroatoms. The van der Waals surface area contributed by atoms with E-state index in [-0.39, 0.29) is 5.82 Å². The first-order valence-corrected chi connectivity index (χ1v) is 7.64. The minimum absolute atomic E-state index is 0.147. The largest absolute Gasteiger partial charge is 0.371 e. The molecular formula is C17H27FN2. The first-order valence-electron chi connectivity index (χ1n) is 7.64. The average molecular weight is 278 g/mol. The van der Waals surface area contributed by atoms with Crippen LogP contribution in [0.15, 0.2) is 18.2 Å². The highest BCUT2D eigenvalue weighted by molar-refractivity contribution is 5.54. The molecule has 1 aliphatic heterocycles. The molecule has 0 spiro atoms. The summed E-state index contributed by atoms with van der Waals surface area (Å²) >= 11 is 0. The zero-order valence-corrected chi connectivity index (χ0v) is 13.2. The van der Waals surface area contributed by atoms with E-state index in [9.17, 15) is 4.39 Å². The Labute approximate surface area is 122 Å². The molecular weight excluding hydrogens is 251 g/mol. The zero-order valence-electron chi connectivity index (χ0n) is 13.2. The fourth-order valence-electron chi connectivity index (χ4n) is 2.67. The van der Waals surface area contributed by atoms with Crippen LogP contribution in [0.4, 0.5) is 10.1 Å². The van der Waals surface area contributed by atoms with Gasteiger partial charge < -0.3 is 10.2 Å². The maximum atomic E-state index is 13.5. The summed E-state index contributed by atoms with van der Waals surface area (Å²) in [5.41, 5.74) is 2.70. The molecule has 1 aliphatic rings. The lowest BCUT2D eigenvalue weighted by Gasteiger charge is -2.39. The van der Waals surface area contributed by atoms with Crippen LogP contribution in [-0.4, -0.2) is 19.1 Å². The number of nitrogens with zero attached hydrogens (tertiary/aromatic N) is 1. The number of nitrogens with one attached hydrogen (secondary N) is 1. The van der Waals surface area contributed by atoms with Crippen molar-refractivity contribution >= 4 is 5.69 Å². The van der Waals surface area contributed by atoms with Crippen molar-refractivity contribution in [2.24, 2.45) is 5.41 Å². The van der Waals surface area contributed by atoms with Crippen molar-refractivity contribution in [3.05, 3.63) is 29.6 Å². The van der Waals surface area contributed by atoms with Gasteiger partial charge >= 0.3 is 0 Å². The van der Waals surface area contributed by atoms with Gasteiger partial charge in [0.05, 0.1) is 0 Å². The number of hydrogen-bond acceptors (Lipinski definition) is 2. The van der Waals surface area contributed by atoms with Crippen LogP contribution in [0.5, 0.6) is 0 Å². The number of hydrogen-bond donors (Lipinski definition) is 1. The van der Waals surface area contributed by atoms with Crippen molar-refractivity contribution in [2.45, 2.75) is 53.1 Å². The van der Waals surface area contributed by atoms with Gasteiger partial charge in [-0.05, 0) is 42.0 Å². The number of rotatable bonds is 4. The van der Waals surface area contributed by atoms with E-state index < -0.39 is 0 Å². The van der Waals surface area contributed by atoms with Crippen LogP contribution in [0.25, 0.3) is 0 Å². The van der Waals surface area contributed by atoms with Crippen LogP contribution >= 0.6 is 0 Å². The normalized spacial score (nSPS) is 18.6. The molecule has 1 aromatic rings. The Hall–Kier alpha value is -1.09. The number of benzene rings is 1. The van der Waals surface area contributed by atoms with E-state index in [1.54, 1.807) is 12.1 Å². The lowest BCUT2D eigenvalue weighted by atomic mass is 9.82. The van der Waals surface area contributed by atoms with Crippen LogP contribution in [0.1, 0.15) is 46.1 Å². The Kier molecular flexibility index (Phi) is 4.69. The Balaban J connectivity index is 2.14. The van der Waals surface area contributed by atoms with Gasteiger partial charge in [-0.1, -0.05) is 27.7 Å². The molecule has 0 aliphatic carbocycles. The summed E-state index contributed by atoms with van der Waals surface area (Å²) in [6.07, 6.45) is 2.39. The summed E-state index contributed by atoms with van der Waals surface area (Å²) in [5, 5.41) is 3.39. The molecule has 0 unspecified atom stereocenters. The lowest BCUT2D eigenvalue weighted by Crippen LogP contribution is -2.38. The molecule has 2 nitrogen and oxygen atoms in total. The first-order chi connectivity index (χ1) is 9.37. The highest BCUT2D eigenvalue weighted by Crippen LogP contribution is 2.33. The van der Waals surface area contributed by atoms with Gasteiger partial charge in [-0.25, -0.2) is 4.39 Å². The molecule has 0 saturated carbocycles. The predicted octanol–water partition coefficient (Wildman–Crippen LogP) is 3.95. The molecule has 112 valence electrons. The third-order valence-corrected chi connectivity index (χ3v) is 4.20. The van der Waals surface area contributed by atoms with Gasteiger partial charge in [-0.15, -0.1) is 0 Å². The maximum absolute atomic E-state index is 13.5. The molecule has 0 amide bonds. The molecule has 0 bridgehead atoms. The predicted molar refractivity (Wildman–Crippen MR) is 83.6 cm³/mol. The number of anilines is 1. The number of piperidine rings is 1. The Morgan fingerprint density at radius 3 is 2.50 bits per heavy atom. The first kappa shape index (κ1) is 15.3. The van der Waals surface area contributed by atoms with Crippen molar-refractivity contribution in [3.63, 3.8) is 0 Å². The van der Waals surface area contributed by atoms with Crippen LogP contribution in [0.2, 0.25) is 0 Å². The molecule has 1 N–H and O–H groups in total. The summed E-state index contributed by atoms with van der Waals surface area (Å²) in [5.74, 6) is -0.147. The van der Waals surface area contributed by atoms with Crippen molar-refractivity contribution in [1.29, 1.82) is 0 Å². The Bertz CT molecular complexity index is 444.